The van der Waals surface area contributed by atoms with Crippen LogP contribution in [0.4, 0.5) is 0 Å². The molecule has 2 fully saturated rings. The molecular weight excluding hydrogens is 252 g/mol. The van der Waals surface area contributed by atoms with E-state index in [-0.39, 0.29) is 5.41 Å². The Bertz CT molecular complexity index is 442. The number of piperidine rings is 1. The second-order valence-electron chi connectivity index (χ2n) is 7.17. The van der Waals surface area contributed by atoms with E-state index in [0.717, 1.165) is 6.04 Å². The van der Waals surface area contributed by atoms with Crippen LogP contribution in [-0.4, -0.2) is 23.5 Å². The molecule has 2 atom stereocenters. The van der Waals surface area contributed by atoms with Gasteiger partial charge >= 0.3 is 0 Å². The third-order valence-corrected chi connectivity index (χ3v) is 5.97. The van der Waals surface area contributed by atoms with Crippen molar-refractivity contribution in [1.82, 2.24) is 4.90 Å². The summed E-state index contributed by atoms with van der Waals surface area (Å²) in [7, 11) is 0. The lowest BCUT2D eigenvalue weighted by Crippen LogP contribution is -2.46. The van der Waals surface area contributed by atoms with E-state index < -0.39 is 0 Å². The summed E-state index contributed by atoms with van der Waals surface area (Å²) in [6, 6.07) is 6.25. The molecule has 1 aliphatic carbocycles. The summed E-state index contributed by atoms with van der Waals surface area (Å²) < 4.78 is 0. The Morgan fingerprint density at radius 1 is 1.21 bits per heavy atom. The van der Waals surface area contributed by atoms with Gasteiger partial charge < -0.3 is 5.73 Å². The summed E-state index contributed by atoms with van der Waals surface area (Å²) in [4.78, 5) is 5.66. The van der Waals surface area contributed by atoms with Crippen LogP contribution in [0.3, 0.4) is 0 Å². The van der Waals surface area contributed by atoms with Crippen LogP contribution < -0.4 is 5.73 Å². The molecule has 0 amide bonds. The molecule has 3 rings (SSSR count). The van der Waals surface area contributed by atoms with Crippen LogP contribution in [0.1, 0.15) is 62.3 Å². The summed E-state index contributed by atoms with van der Waals surface area (Å²) in [6.07, 6.45) is 5.20. The maximum Gasteiger partial charge on any atom is 0.0595 e. The van der Waals surface area contributed by atoms with Gasteiger partial charge in [0.1, 0.15) is 0 Å². The minimum atomic E-state index is 0.256. The van der Waals surface area contributed by atoms with Gasteiger partial charge in [-0.2, -0.15) is 0 Å². The lowest BCUT2D eigenvalue weighted by Gasteiger charge is -2.39. The van der Waals surface area contributed by atoms with Gasteiger partial charge in [-0.3, -0.25) is 4.90 Å². The average Bonchev–Trinajstić information content (AvgIpc) is 3.05. The summed E-state index contributed by atoms with van der Waals surface area (Å²) in [5.74, 6) is 0. The third-order valence-electron chi connectivity index (χ3n) is 4.39. The highest BCUT2D eigenvalue weighted by atomic mass is 32.1. The summed E-state index contributed by atoms with van der Waals surface area (Å²) in [5.41, 5.74) is 6.71. The zero-order valence-corrected chi connectivity index (χ0v) is 13.2. The largest absolute Gasteiger partial charge is 0.326 e. The summed E-state index contributed by atoms with van der Waals surface area (Å²) in [6.45, 7) is 8.12. The maximum absolute atomic E-state index is 6.45. The van der Waals surface area contributed by atoms with Crippen molar-refractivity contribution in [2.75, 3.05) is 6.54 Å². The Kier molecular flexibility index (Phi) is 3.48. The van der Waals surface area contributed by atoms with Gasteiger partial charge in [-0.15, -0.1) is 11.3 Å². The Hall–Kier alpha value is -0.380. The molecule has 2 unspecified atom stereocenters. The van der Waals surface area contributed by atoms with E-state index in [1.807, 2.05) is 11.3 Å². The molecule has 1 aromatic heterocycles. The Morgan fingerprint density at radius 3 is 2.53 bits per heavy atom. The molecule has 0 spiro atoms. The second-order valence-corrected chi connectivity index (χ2v) is 8.29. The average molecular weight is 278 g/mol. The van der Waals surface area contributed by atoms with E-state index in [0.29, 0.717) is 12.1 Å². The van der Waals surface area contributed by atoms with Crippen LogP contribution >= 0.6 is 11.3 Å². The molecule has 1 saturated heterocycles. The van der Waals surface area contributed by atoms with E-state index in [9.17, 15) is 0 Å². The fourth-order valence-electron chi connectivity index (χ4n) is 3.16. The van der Waals surface area contributed by atoms with Crippen molar-refractivity contribution in [3.05, 3.63) is 21.9 Å². The molecule has 1 aromatic rings. The van der Waals surface area contributed by atoms with Gasteiger partial charge in [0.15, 0.2) is 0 Å². The van der Waals surface area contributed by atoms with Gasteiger partial charge in [-0.25, -0.2) is 0 Å². The van der Waals surface area contributed by atoms with Crippen molar-refractivity contribution in [2.45, 2.75) is 70.0 Å². The first kappa shape index (κ1) is 13.6. The number of hydrogen-bond donors (Lipinski definition) is 1. The van der Waals surface area contributed by atoms with E-state index >= 15 is 0 Å². The standard InChI is InChI=1S/C16H26N2S/c1-16(2,3)14-9-8-13(19-14)15-12(17)5-4-10-18(15)11-6-7-11/h8-9,11-12,15H,4-7,10,17H2,1-3H3. The monoisotopic (exact) mass is 278 g/mol. The number of likely N-dealkylation sites (tertiary alicyclic amines) is 1. The first-order valence-electron chi connectivity index (χ1n) is 7.58. The van der Waals surface area contributed by atoms with Crippen molar-refractivity contribution in [3.8, 4) is 0 Å². The highest BCUT2D eigenvalue weighted by Crippen LogP contribution is 2.42. The Balaban J connectivity index is 1.87. The second kappa shape index (κ2) is 4.87. The van der Waals surface area contributed by atoms with Gasteiger partial charge in [-0.05, 0) is 49.8 Å². The molecular formula is C16H26N2S. The van der Waals surface area contributed by atoms with Crippen molar-refractivity contribution in [1.29, 1.82) is 0 Å². The molecule has 1 saturated carbocycles. The molecule has 1 aliphatic heterocycles. The minimum Gasteiger partial charge on any atom is -0.326 e. The van der Waals surface area contributed by atoms with E-state index in [2.05, 4.69) is 37.8 Å². The molecule has 0 bridgehead atoms. The topological polar surface area (TPSA) is 29.3 Å². The number of nitrogens with two attached hydrogens (primary N) is 1. The highest BCUT2D eigenvalue weighted by molar-refractivity contribution is 7.12. The molecule has 106 valence electrons. The fourth-order valence-corrected chi connectivity index (χ4v) is 4.42. The fraction of sp³-hybridized carbons (Fsp3) is 0.750. The first-order chi connectivity index (χ1) is 8.97. The van der Waals surface area contributed by atoms with Crippen molar-refractivity contribution >= 4 is 11.3 Å². The summed E-state index contributed by atoms with van der Waals surface area (Å²) in [5, 5.41) is 0. The van der Waals surface area contributed by atoms with E-state index in [4.69, 9.17) is 5.73 Å². The first-order valence-corrected chi connectivity index (χ1v) is 8.40. The number of rotatable bonds is 2. The lowest BCUT2D eigenvalue weighted by molar-refractivity contribution is 0.122. The number of nitrogens with zero attached hydrogens (tertiary/aromatic N) is 1. The summed E-state index contributed by atoms with van der Waals surface area (Å²) >= 11 is 1.98. The molecule has 2 aliphatic rings. The molecule has 3 heteroatoms. The van der Waals surface area contributed by atoms with Crippen LogP contribution in [0, 0.1) is 0 Å². The smallest absolute Gasteiger partial charge is 0.0595 e. The third kappa shape index (κ3) is 2.74. The molecule has 2 heterocycles. The minimum absolute atomic E-state index is 0.256. The zero-order valence-electron chi connectivity index (χ0n) is 12.4. The van der Waals surface area contributed by atoms with Gasteiger partial charge in [0.05, 0.1) is 6.04 Å². The zero-order chi connectivity index (χ0) is 13.6. The van der Waals surface area contributed by atoms with Gasteiger partial charge in [0.2, 0.25) is 0 Å². The van der Waals surface area contributed by atoms with Gasteiger partial charge in [-0.1, -0.05) is 20.8 Å². The lowest BCUT2D eigenvalue weighted by atomic mass is 9.94. The number of thiophene rings is 1. The normalized spacial score (nSPS) is 29.7. The molecule has 0 radical (unpaired) electrons. The highest BCUT2D eigenvalue weighted by Gasteiger charge is 2.40. The Labute approximate surface area is 121 Å². The van der Waals surface area contributed by atoms with E-state index in [1.165, 1.54) is 42.0 Å². The quantitative estimate of drug-likeness (QED) is 0.894. The predicted molar refractivity (Wildman–Crippen MR) is 82.7 cm³/mol. The SMILES string of the molecule is CC(C)(C)c1ccc(C2C(N)CCCN2C2CC2)s1. The predicted octanol–water partition coefficient (Wildman–Crippen LogP) is 3.67. The molecule has 2 nitrogen and oxygen atoms in total. The van der Waals surface area contributed by atoms with Crippen molar-refractivity contribution < 1.29 is 0 Å². The number of hydrogen-bond acceptors (Lipinski definition) is 3. The maximum atomic E-state index is 6.45. The molecule has 19 heavy (non-hydrogen) atoms. The van der Waals surface area contributed by atoms with Crippen LogP contribution in [-0.2, 0) is 5.41 Å². The van der Waals surface area contributed by atoms with Crippen LogP contribution in [0.25, 0.3) is 0 Å². The van der Waals surface area contributed by atoms with Gasteiger partial charge in [0, 0.05) is 21.8 Å². The van der Waals surface area contributed by atoms with Crippen LogP contribution in [0.2, 0.25) is 0 Å². The van der Waals surface area contributed by atoms with Crippen LogP contribution in [0.15, 0.2) is 12.1 Å². The van der Waals surface area contributed by atoms with E-state index in [1.54, 1.807) is 0 Å². The van der Waals surface area contributed by atoms with Crippen LogP contribution in [0.5, 0.6) is 0 Å². The van der Waals surface area contributed by atoms with Crippen molar-refractivity contribution in [2.24, 2.45) is 5.73 Å². The molecule has 0 aromatic carbocycles. The molecule has 2 N–H and O–H groups in total. The Morgan fingerprint density at radius 2 is 1.95 bits per heavy atom. The van der Waals surface area contributed by atoms with Gasteiger partial charge in [0.25, 0.3) is 0 Å². The van der Waals surface area contributed by atoms with Crippen molar-refractivity contribution in [3.63, 3.8) is 0 Å².